The summed E-state index contributed by atoms with van der Waals surface area (Å²) in [7, 11) is 0. The lowest BCUT2D eigenvalue weighted by Crippen LogP contribution is -2.08. The molecule has 4 nitrogen and oxygen atoms in total. The standard InChI is InChI=1S/C12H13ClO4/c13-9-4-3-7(11(16)12(9)17)8(5-10(14)15)6-1-2-6/h3-4,6,8,16-17H,1-2,5H2,(H,14,15). The Kier molecular flexibility index (Phi) is 3.15. The average molecular weight is 257 g/mol. The molecule has 3 N–H and O–H groups in total. The summed E-state index contributed by atoms with van der Waals surface area (Å²) in [4.78, 5) is 10.8. The molecule has 2 rings (SSSR count). The third kappa shape index (κ3) is 2.47. The fourth-order valence-electron chi connectivity index (χ4n) is 2.09. The first-order valence-corrected chi connectivity index (χ1v) is 5.80. The van der Waals surface area contributed by atoms with Crippen molar-refractivity contribution in [1.29, 1.82) is 0 Å². The molecule has 1 aromatic rings. The SMILES string of the molecule is O=C(O)CC(c1ccc(Cl)c(O)c1O)C1CC1. The van der Waals surface area contributed by atoms with E-state index in [4.69, 9.17) is 16.7 Å². The molecular formula is C12H13ClO4. The summed E-state index contributed by atoms with van der Waals surface area (Å²) in [6, 6.07) is 3.06. The van der Waals surface area contributed by atoms with E-state index < -0.39 is 5.97 Å². The number of phenols is 2. The summed E-state index contributed by atoms with van der Waals surface area (Å²) in [5.41, 5.74) is 0.469. The zero-order valence-electron chi connectivity index (χ0n) is 9.06. The number of hydrogen-bond acceptors (Lipinski definition) is 3. The van der Waals surface area contributed by atoms with Crippen molar-refractivity contribution in [3.63, 3.8) is 0 Å². The molecule has 17 heavy (non-hydrogen) atoms. The Labute approximate surface area is 103 Å². The van der Waals surface area contributed by atoms with Gasteiger partial charge in [-0.2, -0.15) is 0 Å². The molecule has 1 aromatic carbocycles. The molecule has 1 aliphatic carbocycles. The number of rotatable bonds is 4. The van der Waals surface area contributed by atoms with Crippen LogP contribution >= 0.6 is 11.6 Å². The number of aliphatic carboxylic acids is 1. The summed E-state index contributed by atoms with van der Waals surface area (Å²) in [5, 5.41) is 28.3. The maximum Gasteiger partial charge on any atom is 0.303 e. The van der Waals surface area contributed by atoms with Gasteiger partial charge in [-0.1, -0.05) is 17.7 Å². The number of phenolic OH excluding ortho intramolecular Hbond substituents is 2. The molecule has 1 aliphatic rings. The van der Waals surface area contributed by atoms with Crippen LogP contribution < -0.4 is 0 Å². The number of carboxylic acid groups (broad SMARTS) is 1. The van der Waals surface area contributed by atoms with E-state index in [1.807, 2.05) is 0 Å². The molecule has 1 atom stereocenters. The second-order valence-corrected chi connectivity index (χ2v) is 4.78. The second-order valence-electron chi connectivity index (χ2n) is 4.38. The Morgan fingerprint density at radius 1 is 1.35 bits per heavy atom. The highest BCUT2D eigenvalue weighted by Crippen LogP contribution is 2.49. The molecule has 1 unspecified atom stereocenters. The van der Waals surface area contributed by atoms with Gasteiger partial charge in [-0.25, -0.2) is 0 Å². The zero-order valence-corrected chi connectivity index (χ0v) is 9.81. The van der Waals surface area contributed by atoms with Crippen LogP contribution in [0.2, 0.25) is 5.02 Å². The second kappa shape index (κ2) is 4.45. The third-order valence-corrected chi connectivity index (χ3v) is 3.42. The van der Waals surface area contributed by atoms with Crippen LogP contribution in [-0.4, -0.2) is 21.3 Å². The highest BCUT2D eigenvalue weighted by molar-refractivity contribution is 6.32. The highest BCUT2D eigenvalue weighted by atomic mass is 35.5. The predicted molar refractivity (Wildman–Crippen MR) is 62.5 cm³/mol. The minimum Gasteiger partial charge on any atom is -0.504 e. The van der Waals surface area contributed by atoms with Crippen LogP contribution in [0.15, 0.2) is 12.1 Å². The van der Waals surface area contributed by atoms with E-state index >= 15 is 0 Å². The molecular weight excluding hydrogens is 244 g/mol. The third-order valence-electron chi connectivity index (χ3n) is 3.12. The molecule has 0 spiro atoms. The maximum atomic E-state index is 10.8. The van der Waals surface area contributed by atoms with Crippen LogP contribution in [0.4, 0.5) is 0 Å². The van der Waals surface area contributed by atoms with E-state index in [9.17, 15) is 15.0 Å². The molecule has 0 aliphatic heterocycles. The van der Waals surface area contributed by atoms with Crippen molar-refractivity contribution in [2.24, 2.45) is 5.92 Å². The Bertz CT molecular complexity index is 454. The van der Waals surface area contributed by atoms with Gasteiger partial charge in [0.05, 0.1) is 11.4 Å². The van der Waals surface area contributed by atoms with Crippen molar-refractivity contribution in [1.82, 2.24) is 0 Å². The Morgan fingerprint density at radius 3 is 2.53 bits per heavy atom. The van der Waals surface area contributed by atoms with Gasteiger partial charge in [-0.05, 0) is 24.8 Å². The lowest BCUT2D eigenvalue weighted by Gasteiger charge is -2.16. The van der Waals surface area contributed by atoms with Crippen molar-refractivity contribution < 1.29 is 20.1 Å². The zero-order chi connectivity index (χ0) is 12.6. The van der Waals surface area contributed by atoms with Gasteiger partial charge in [-0.15, -0.1) is 0 Å². The molecule has 0 heterocycles. The molecule has 92 valence electrons. The highest BCUT2D eigenvalue weighted by Gasteiger charge is 2.35. The van der Waals surface area contributed by atoms with Gasteiger partial charge in [0.15, 0.2) is 11.5 Å². The van der Waals surface area contributed by atoms with Crippen molar-refractivity contribution in [3.8, 4) is 11.5 Å². The normalized spacial score (nSPS) is 16.8. The van der Waals surface area contributed by atoms with E-state index in [0.717, 1.165) is 12.8 Å². The molecule has 5 heteroatoms. The van der Waals surface area contributed by atoms with E-state index in [0.29, 0.717) is 5.56 Å². The average Bonchev–Trinajstić information content (AvgIpc) is 3.07. The lowest BCUT2D eigenvalue weighted by molar-refractivity contribution is -0.137. The minimum atomic E-state index is -0.907. The summed E-state index contributed by atoms with van der Waals surface area (Å²) in [6.45, 7) is 0. The number of carbonyl (C=O) groups is 1. The molecule has 1 saturated carbocycles. The van der Waals surface area contributed by atoms with Crippen LogP contribution in [0.1, 0.15) is 30.7 Å². The van der Waals surface area contributed by atoms with Crippen LogP contribution in [0, 0.1) is 5.92 Å². The monoisotopic (exact) mass is 256 g/mol. The van der Waals surface area contributed by atoms with Crippen molar-refractivity contribution in [2.75, 3.05) is 0 Å². The van der Waals surface area contributed by atoms with E-state index in [2.05, 4.69) is 0 Å². The fourth-order valence-corrected chi connectivity index (χ4v) is 2.24. The molecule has 0 amide bonds. The summed E-state index contributed by atoms with van der Waals surface area (Å²) < 4.78 is 0. The molecule has 0 aromatic heterocycles. The Morgan fingerprint density at radius 2 is 2.00 bits per heavy atom. The lowest BCUT2D eigenvalue weighted by atomic mass is 9.90. The Balaban J connectivity index is 2.35. The van der Waals surface area contributed by atoms with Crippen LogP contribution in [0.3, 0.4) is 0 Å². The van der Waals surface area contributed by atoms with Gasteiger partial charge in [0.25, 0.3) is 0 Å². The van der Waals surface area contributed by atoms with E-state index in [1.165, 1.54) is 6.07 Å². The quantitative estimate of drug-likeness (QED) is 0.724. The maximum absolute atomic E-state index is 10.8. The predicted octanol–water partition coefficient (Wildman–Crippen LogP) is 2.72. The number of halogens is 1. The van der Waals surface area contributed by atoms with E-state index in [1.54, 1.807) is 6.07 Å². The van der Waals surface area contributed by atoms with Crippen LogP contribution in [0.5, 0.6) is 11.5 Å². The first-order chi connectivity index (χ1) is 8.00. The van der Waals surface area contributed by atoms with Crippen LogP contribution in [-0.2, 0) is 4.79 Å². The van der Waals surface area contributed by atoms with Gasteiger partial charge in [0.2, 0.25) is 0 Å². The molecule has 0 saturated heterocycles. The van der Waals surface area contributed by atoms with Crippen molar-refractivity contribution >= 4 is 17.6 Å². The number of aromatic hydroxyl groups is 2. The van der Waals surface area contributed by atoms with Gasteiger partial charge in [0, 0.05) is 11.5 Å². The minimum absolute atomic E-state index is 0.0424. The number of carboxylic acids is 1. The summed E-state index contributed by atoms with van der Waals surface area (Å²) in [6.07, 6.45) is 1.88. The fraction of sp³-hybridized carbons (Fsp3) is 0.417. The van der Waals surface area contributed by atoms with Crippen molar-refractivity contribution in [2.45, 2.75) is 25.2 Å². The molecule has 0 bridgehead atoms. The first kappa shape index (κ1) is 12.0. The Hall–Kier alpha value is -1.42. The van der Waals surface area contributed by atoms with Gasteiger partial charge in [0.1, 0.15) is 0 Å². The van der Waals surface area contributed by atoms with E-state index in [-0.39, 0.29) is 34.8 Å². The van der Waals surface area contributed by atoms with Crippen LogP contribution in [0.25, 0.3) is 0 Å². The number of hydrogen-bond donors (Lipinski definition) is 3. The van der Waals surface area contributed by atoms with Gasteiger partial charge in [-0.3, -0.25) is 4.79 Å². The summed E-state index contributed by atoms with van der Waals surface area (Å²) in [5.74, 6) is -1.56. The first-order valence-electron chi connectivity index (χ1n) is 5.42. The molecule has 0 radical (unpaired) electrons. The topological polar surface area (TPSA) is 77.8 Å². The number of benzene rings is 1. The molecule has 1 fully saturated rings. The summed E-state index contributed by atoms with van der Waals surface area (Å²) >= 11 is 5.67. The largest absolute Gasteiger partial charge is 0.504 e. The van der Waals surface area contributed by atoms with Gasteiger partial charge >= 0.3 is 5.97 Å². The smallest absolute Gasteiger partial charge is 0.303 e. The van der Waals surface area contributed by atoms with Gasteiger partial charge < -0.3 is 15.3 Å². The van der Waals surface area contributed by atoms with Crippen molar-refractivity contribution in [3.05, 3.63) is 22.7 Å².